The van der Waals surface area contributed by atoms with Crippen LogP contribution in [-0.2, 0) is 10.0 Å². The first-order chi connectivity index (χ1) is 13.4. The van der Waals surface area contributed by atoms with Crippen LogP contribution in [0.3, 0.4) is 0 Å². The number of nitrogens with zero attached hydrogens (tertiary/aromatic N) is 3. The van der Waals surface area contributed by atoms with Gasteiger partial charge >= 0.3 is 0 Å². The molecule has 1 aliphatic rings. The highest BCUT2D eigenvalue weighted by molar-refractivity contribution is 7.93. The molecule has 6 nitrogen and oxygen atoms in total. The Hall–Kier alpha value is -1.49. The second-order valence-corrected chi connectivity index (χ2v) is 11.0. The first-order valence-corrected chi connectivity index (χ1v) is 11.7. The molecule has 2 heterocycles. The lowest BCUT2D eigenvalue weighted by molar-refractivity contribution is 0.125. The van der Waals surface area contributed by atoms with Gasteiger partial charge < -0.3 is 9.80 Å². The second-order valence-electron chi connectivity index (χ2n) is 8.11. The van der Waals surface area contributed by atoms with Gasteiger partial charge in [-0.05, 0) is 19.5 Å². The highest BCUT2D eigenvalue weighted by atomic mass is 35.5. The number of hydrogen-bond donors (Lipinski definition) is 1. The molecule has 0 spiro atoms. The number of benzene rings is 1. The first-order valence-electron chi connectivity index (χ1n) is 8.92. The minimum Gasteiger partial charge on any atom is -0.369 e. The van der Waals surface area contributed by atoms with Crippen molar-refractivity contribution in [3.05, 3.63) is 34.3 Å². The van der Waals surface area contributed by atoms with Crippen LogP contribution in [0.1, 0.15) is 13.8 Å². The predicted octanol–water partition coefficient (Wildman–Crippen LogP) is 3.90. The van der Waals surface area contributed by atoms with Crippen LogP contribution in [0.15, 0.2) is 22.5 Å². The summed E-state index contributed by atoms with van der Waals surface area (Å²) in [5.41, 5.74) is 0.177. The molecule has 1 aromatic carbocycles. The number of aromatic nitrogens is 1. The second kappa shape index (κ2) is 7.98. The van der Waals surface area contributed by atoms with Crippen LogP contribution in [0.5, 0.6) is 0 Å². The van der Waals surface area contributed by atoms with Gasteiger partial charge in [-0.1, -0.05) is 25.4 Å². The van der Waals surface area contributed by atoms with Gasteiger partial charge in [-0.2, -0.15) is 0 Å². The summed E-state index contributed by atoms with van der Waals surface area (Å²) in [6.45, 7) is 6.35. The van der Waals surface area contributed by atoms with E-state index in [1.165, 1.54) is 6.20 Å². The zero-order chi connectivity index (χ0) is 21.6. The van der Waals surface area contributed by atoms with Crippen LogP contribution in [-0.4, -0.2) is 52.0 Å². The summed E-state index contributed by atoms with van der Waals surface area (Å²) in [7, 11) is -0.509. The lowest BCUT2D eigenvalue weighted by atomic mass is 9.74. The molecule has 0 saturated carbocycles. The van der Waals surface area contributed by atoms with E-state index in [1.807, 2.05) is 14.1 Å². The molecular formula is C18H23ClF2N4O2S2. The fourth-order valence-electron chi connectivity index (χ4n) is 3.60. The van der Waals surface area contributed by atoms with E-state index >= 15 is 0 Å². The molecule has 160 valence electrons. The highest BCUT2D eigenvalue weighted by Crippen LogP contribution is 2.42. The zero-order valence-corrected chi connectivity index (χ0v) is 18.9. The highest BCUT2D eigenvalue weighted by Gasteiger charge is 2.41. The quantitative estimate of drug-likeness (QED) is 0.629. The molecule has 1 aromatic heterocycles. The minimum absolute atomic E-state index is 0.0118. The molecule has 0 amide bonds. The van der Waals surface area contributed by atoms with E-state index in [2.05, 4.69) is 28.5 Å². The summed E-state index contributed by atoms with van der Waals surface area (Å²) in [5, 5.41) is 1.14. The van der Waals surface area contributed by atoms with Crippen LogP contribution >= 0.6 is 22.9 Å². The molecule has 1 N–H and O–H groups in total. The number of nitrogens with one attached hydrogen (secondary N) is 1. The first kappa shape index (κ1) is 22.2. The molecule has 29 heavy (non-hydrogen) atoms. The van der Waals surface area contributed by atoms with E-state index in [4.69, 9.17) is 11.6 Å². The third-order valence-corrected chi connectivity index (χ3v) is 7.62. The van der Waals surface area contributed by atoms with Crippen LogP contribution in [0.4, 0.5) is 19.6 Å². The van der Waals surface area contributed by atoms with Gasteiger partial charge in [-0.15, -0.1) is 11.3 Å². The number of rotatable bonds is 7. The summed E-state index contributed by atoms with van der Waals surface area (Å²) in [5.74, 6) is -2.18. The largest absolute Gasteiger partial charge is 0.369 e. The number of hydrogen-bond acceptors (Lipinski definition) is 6. The molecular weight excluding hydrogens is 442 g/mol. The lowest BCUT2D eigenvalue weighted by Gasteiger charge is -2.50. The molecule has 2 aromatic rings. The van der Waals surface area contributed by atoms with Gasteiger partial charge in [0.1, 0.15) is 10.8 Å². The maximum Gasteiger partial charge on any atom is 0.269 e. The molecule has 11 heteroatoms. The maximum atomic E-state index is 14.8. The number of halogens is 3. The summed E-state index contributed by atoms with van der Waals surface area (Å²) < 4.78 is 56.5. The van der Waals surface area contributed by atoms with E-state index in [0.717, 1.165) is 23.9 Å². The van der Waals surface area contributed by atoms with Crippen LogP contribution in [0.25, 0.3) is 0 Å². The Kier molecular flexibility index (Phi) is 6.11. The van der Waals surface area contributed by atoms with Gasteiger partial charge in [0.15, 0.2) is 15.8 Å². The van der Waals surface area contributed by atoms with Crippen molar-refractivity contribution in [1.82, 2.24) is 9.88 Å². The Balaban J connectivity index is 1.84. The van der Waals surface area contributed by atoms with Crippen LogP contribution in [0, 0.1) is 23.0 Å². The Morgan fingerprint density at radius 1 is 1.38 bits per heavy atom. The molecule has 0 bridgehead atoms. The van der Waals surface area contributed by atoms with Gasteiger partial charge in [-0.25, -0.2) is 22.2 Å². The molecule has 0 radical (unpaired) electrons. The van der Waals surface area contributed by atoms with Gasteiger partial charge in [-0.3, -0.25) is 4.72 Å². The van der Waals surface area contributed by atoms with Gasteiger partial charge in [0.05, 0.1) is 5.69 Å². The normalized spacial score (nSPS) is 15.7. The van der Waals surface area contributed by atoms with Crippen molar-refractivity contribution in [1.29, 1.82) is 0 Å². The van der Waals surface area contributed by atoms with Crippen molar-refractivity contribution in [2.75, 3.05) is 43.4 Å². The summed E-state index contributed by atoms with van der Waals surface area (Å²) in [6.07, 6.45) is 1.38. The maximum absolute atomic E-state index is 14.8. The SMILES string of the molecule is CN(C)CC(C)(C)C1CN(c2cc(F)c(S(=O)(=O)Nc3nccs3)c(F)c2Cl)C1. The van der Waals surface area contributed by atoms with Crippen LogP contribution < -0.4 is 9.62 Å². The van der Waals surface area contributed by atoms with Crippen molar-refractivity contribution in [3.8, 4) is 0 Å². The smallest absolute Gasteiger partial charge is 0.269 e. The third-order valence-electron chi connectivity index (χ3n) is 5.07. The average Bonchev–Trinajstić information content (AvgIpc) is 3.00. The van der Waals surface area contributed by atoms with E-state index in [1.54, 1.807) is 10.3 Å². The average molecular weight is 465 g/mol. The van der Waals surface area contributed by atoms with Crippen molar-refractivity contribution >= 4 is 43.8 Å². The Labute approximate surface area is 178 Å². The lowest BCUT2D eigenvalue weighted by Crippen LogP contribution is -2.55. The van der Waals surface area contributed by atoms with E-state index in [-0.39, 0.29) is 16.2 Å². The van der Waals surface area contributed by atoms with Crippen molar-refractivity contribution in [2.24, 2.45) is 11.3 Å². The molecule has 3 rings (SSSR count). The summed E-state index contributed by atoms with van der Waals surface area (Å²) in [6, 6.07) is 0.983. The predicted molar refractivity (Wildman–Crippen MR) is 112 cm³/mol. The molecule has 1 fully saturated rings. The monoisotopic (exact) mass is 464 g/mol. The fourth-order valence-corrected chi connectivity index (χ4v) is 5.85. The van der Waals surface area contributed by atoms with Gasteiger partial charge in [0.2, 0.25) is 0 Å². The Morgan fingerprint density at radius 2 is 2.03 bits per heavy atom. The van der Waals surface area contributed by atoms with Gasteiger partial charge in [0.25, 0.3) is 10.0 Å². The molecule has 0 unspecified atom stereocenters. The van der Waals surface area contributed by atoms with Gasteiger partial charge in [0, 0.05) is 43.2 Å². The zero-order valence-electron chi connectivity index (χ0n) is 16.5. The molecule has 1 saturated heterocycles. The van der Waals surface area contributed by atoms with Crippen molar-refractivity contribution in [3.63, 3.8) is 0 Å². The minimum atomic E-state index is -4.51. The van der Waals surface area contributed by atoms with E-state index in [0.29, 0.717) is 19.0 Å². The van der Waals surface area contributed by atoms with Crippen molar-refractivity contribution < 1.29 is 17.2 Å². The van der Waals surface area contributed by atoms with E-state index in [9.17, 15) is 17.2 Å². The summed E-state index contributed by atoms with van der Waals surface area (Å²) in [4.78, 5) is 6.53. The topological polar surface area (TPSA) is 65.5 Å². The Bertz CT molecular complexity index is 992. The number of thiazole rings is 1. The van der Waals surface area contributed by atoms with E-state index < -0.39 is 31.6 Å². The Morgan fingerprint density at radius 3 is 2.59 bits per heavy atom. The number of anilines is 2. The third kappa shape index (κ3) is 4.50. The van der Waals surface area contributed by atoms with Crippen molar-refractivity contribution in [2.45, 2.75) is 18.7 Å². The molecule has 1 aliphatic heterocycles. The molecule has 0 aliphatic carbocycles. The summed E-state index contributed by atoms with van der Waals surface area (Å²) >= 11 is 7.11. The molecule has 0 atom stereocenters. The standard InChI is InChI=1S/C18H23ClF2N4O2S2/c1-18(2,10-24(3)4)11-8-25(9-11)13-7-12(20)16(15(21)14(13)19)29(26,27)23-17-22-5-6-28-17/h5-7,11H,8-10H2,1-4H3,(H,22,23). The number of sulfonamides is 1. The van der Waals surface area contributed by atoms with Crippen LogP contribution in [0.2, 0.25) is 5.02 Å². The fraction of sp³-hybridized carbons (Fsp3) is 0.500.